The maximum Gasteiger partial charge on any atom is 0.257 e. The van der Waals surface area contributed by atoms with Crippen molar-refractivity contribution in [1.29, 1.82) is 0 Å². The van der Waals surface area contributed by atoms with E-state index in [0.29, 0.717) is 24.3 Å². The molecule has 0 radical (unpaired) electrons. The lowest BCUT2D eigenvalue weighted by molar-refractivity contribution is 0.0780. The van der Waals surface area contributed by atoms with E-state index in [1.165, 1.54) is 12.1 Å². The first kappa shape index (κ1) is 15.7. The topological polar surface area (TPSA) is 58.4 Å². The van der Waals surface area contributed by atoms with Gasteiger partial charge in [0.15, 0.2) is 0 Å². The molecule has 1 aliphatic heterocycles. The molecule has 0 spiro atoms. The molecule has 0 saturated carbocycles. The number of rotatable bonds is 3. The number of nitrogens with zero attached hydrogens (tertiary/aromatic N) is 3. The summed E-state index contributed by atoms with van der Waals surface area (Å²) in [4.78, 5) is 14.6. The molecule has 0 bridgehead atoms. The van der Waals surface area contributed by atoms with Gasteiger partial charge in [-0.15, -0.1) is 0 Å². The third kappa shape index (κ3) is 2.86. The summed E-state index contributed by atoms with van der Waals surface area (Å²) >= 11 is 0. The van der Waals surface area contributed by atoms with E-state index in [-0.39, 0.29) is 24.2 Å². The molecule has 6 heteroatoms. The number of hydrogen-bond acceptors (Lipinski definition) is 3. The van der Waals surface area contributed by atoms with Gasteiger partial charge in [0.2, 0.25) is 0 Å². The number of aliphatic hydroxyl groups is 1. The smallest absolute Gasteiger partial charge is 0.257 e. The number of likely N-dealkylation sites (tertiary alicyclic amines) is 1. The highest BCUT2D eigenvalue weighted by Gasteiger charge is 2.30. The van der Waals surface area contributed by atoms with E-state index in [4.69, 9.17) is 0 Å². The van der Waals surface area contributed by atoms with Gasteiger partial charge in [-0.1, -0.05) is 0 Å². The fourth-order valence-electron chi connectivity index (χ4n) is 3.11. The van der Waals surface area contributed by atoms with E-state index >= 15 is 0 Å². The van der Waals surface area contributed by atoms with Crippen LogP contribution in [0.15, 0.2) is 24.3 Å². The number of hydrogen-bond donors (Lipinski definition) is 1. The van der Waals surface area contributed by atoms with Crippen molar-refractivity contribution in [3.05, 3.63) is 47.0 Å². The number of aryl methyl sites for hydroxylation is 1. The molecular formula is C17H20FN3O2. The number of halogens is 1. The summed E-state index contributed by atoms with van der Waals surface area (Å²) in [6, 6.07) is 6.03. The Balaban J connectivity index is 1.92. The lowest BCUT2D eigenvalue weighted by Crippen LogP contribution is -2.30. The monoisotopic (exact) mass is 317 g/mol. The van der Waals surface area contributed by atoms with Gasteiger partial charge in [0.05, 0.1) is 22.6 Å². The first-order chi connectivity index (χ1) is 11.0. The minimum atomic E-state index is -0.307. The first-order valence-electron chi connectivity index (χ1n) is 7.73. The largest absolute Gasteiger partial charge is 0.396 e. The van der Waals surface area contributed by atoms with Crippen LogP contribution < -0.4 is 0 Å². The standard InChI is InChI=1S/C17H20FN3O2/c1-11-16(17(23)20-8-7-13(9-20)10-22)12(2)21(19-11)15-5-3-14(18)4-6-15/h3-6,13,22H,7-10H2,1-2H3. The molecule has 1 unspecified atom stereocenters. The minimum Gasteiger partial charge on any atom is -0.396 e. The van der Waals surface area contributed by atoms with Gasteiger partial charge in [-0.2, -0.15) is 5.10 Å². The van der Waals surface area contributed by atoms with Gasteiger partial charge in [0, 0.05) is 25.6 Å². The van der Waals surface area contributed by atoms with Crippen LogP contribution in [0.2, 0.25) is 0 Å². The number of aromatic nitrogens is 2. The number of carbonyl (C=O) groups is 1. The third-order valence-electron chi connectivity index (χ3n) is 4.41. The summed E-state index contributed by atoms with van der Waals surface area (Å²) in [6.07, 6.45) is 0.826. The molecule has 1 aromatic carbocycles. The Morgan fingerprint density at radius 3 is 2.65 bits per heavy atom. The predicted octanol–water partition coefficient (Wildman–Crippen LogP) is 2.08. The number of amides is 1. The van der Waals surface area contributed by atoms with Crippen LogP contribution in [0, 0.1) is 25.6 Å². The highest BCUT2D eigenvalue weighted by Crippen LogP contribution is 2.23. The summed E-state index contributed by atoms with van der Waals surface area (Å²) in [5, 5.41) is 13.7. The van der Waals surface area contributed by atoms with Crippen LogP contribution in [0.3, 0.4) is 0 Å². The van der Waals surface area contributed by atoms with Crippen molar-refractivity contribution in [3.63, 3.8) is 0 Å². The average Bonchev–Trinajstić information content (AvgIpc) is 3.13. The van der Waals surface area contributed by atoms with E-state index in [2.05, 4.69) is 5.10 Å². The van der Waals surface area contributed by atoms with Crippen LogP contribution >= 0.6 is 0 Å². The summed E-state index contributed by atoms with van der Waals surface area (Å²) in [5.41, 5.74) is 2.71. The van der Waals surface area contributed by atoms with Gasteiger partial charge in [0.25, 0.3) is 5.91 Å². The van der Waals surface area contributed by atoms with E-state index in [1.54, 1.807) is 28.6 Å². The van der Waals surface area contributed by atoms with Crippen molar-refractivity contribution in [3.8, 4) is 5.69 Å². The molecule has 2 heterocycles. The van der Waals surface area contributed by atoms with Gasteiger partial charge >= 0.3 is 0 Å². The Morgan fingerprint density at radius 1 is 1.35 bits per heavy atom. The van der Waals surface area contributed by atoms with Crippen molar-refractivity contribution in [2.45, 2.75) is 20.3 Å². The fraction of sp³-hybridized carbons (Fsp3) is 0.412. The fourth-order valence-corrected chi connectivity index (χ4v) is 3.11. The summed E-state index contributed by atoms with van der Waals surface area (Å²) in [6.45, 7) is 4.99. The summed E-state index contributed by atoms with van der Waals surface area (Å²) in [5.74, 6) is -0.199. The zero-order chi connectivity index (χ0) is 16.6. The second kappa shape index (κ2) is 6.12. The van der Waals surface area contributed by atoms with Crippen LogP contribution in [0.5, 0.6) is 0 Å². The van der Waals surface area contributed by atoms with Gasteiger partial charge in [-0.25, -0.2) is 9.07 Å². The van der Waals surface area contributed by atoms with Crippen LogP contribution in [-0.4, -0.2) is 45.4 Å². The van der Waals surface area contributed by atoms with Crippen molar-refractivity contribution < 1.29 is 14.3 Å². The maximum atomic E-state index is 13.1. The Labute approximate surface area is 134 Å². The SMILES string of the molecule is Cc1nn(-c2ccc(F)cc2)c(C)c1C(=O)N1CCC(CO)C1. The second-order valence-corrected chi connectivity index (χ2v) is 6.02. The lowest BCUT2D eigenvalue weighted by atomic mass is 10.1. The Hall–Kier alpha value is -2.21. The number of aliphatic hydroxyl groups excluding tert-OH is 1. The predicted molar refractivity (Wildman–Crippen MR) is 84.1 cm³/mol. The van der Waals surface area contributed by atoms with Crippen molar-refractivity contribution in [1.82, 2.24) is 14.7 Å². The zero-order valence-corrected chi connectivity index (χ0v) is 13.3. The molecule has 0 aliphatic carbocycles. The van der Waals surface area contributed by atoms with Crippen molar-refractivity contribution in [2.75, 3.05) is 19.7 Å². The molecule has 3 rings (SSSR count). The maximum absolute atomic E-state index is 13.1. The minimum absolute atomic E-state index is 0.0516. The number of carbonyl (C=O) groups excluding carboxylic acids is 1. The Bertz CT molecular complexity index is 724. The molecule has 23 heavy (non-hydrogen) atoms. The van der Waals surface area contributed by atoms with Crippen LogP contribution in [0.4, 0.5) is 4.39 Å². The Morgan fingerprint density at radius 2 is 2.04 bits per heavy atom. The molecule has 1 N–H and O–H groups in total. The molecule has 1 saturated heterocycles. The van der Waals surface area contributed by atoms with Gasteiger partial charge < -0.3 is 10.0 Å². The van der Waals surface area contributed by atoms with Crippen molar-refractivity contribution in [2.24, 2.45) is 5.92 Å². The molecular weight excluding hydrogens is 297 g/mol. The molecule has 1 atom stereocenters. The van der Waals surface area contributed by atoms with Gasteiger partial charge in [-0.05, 0) is 44.5 Å². The highest BCUT2D eigenvalue weighted by molar-refractivity contribution is 5.96. The second-order valence-electron chi connectivity index (χ2n) is 6.02. The zero-order valence-electron chi connectivity index (χ0n) is 13.3. The van der Waals surface area contributed by atoms with E-state index in [1.807, 2.05) is 6.92 Å². The quantitative estimate of drug-likeness (QED) is 0.943. The van der Waals surface area contributed by atoms with E-state index < -0.39 is 0 Å². The summed E-state index contributed by atoms with van der Waals surface area (Å²) < 4.78 is 14.7. The van der Waals surface area contributed by atoms with Crippen LogP contribution in [-0.2, 0) is 0 Å². The van der Waals surface area contributed by atoms with Gasteiger partial charge in [-0.3, -0.25) is 4.79 Å². The van der Waals surface area contributed by atoms with Crippen molar-refractivity contribution >= 4 is 5.91 Å². The molecule has 2 aromatic rings. The third-order valence-corrected chi connectivity index (χ3v) is 4.41. The molecule has 1 amide bonds. The summed E-state index contributed by atoms with van der Waals surface area (Å²) in [7, 11) is 0. The normalized spacial score (nSPS) is 17.7. The van der Waals surface area contributed by atoms with Crippen LogP contribution in [0.25, 0.3) is 5.69 Å². The molecule has 1 aromatic heterocycles. The van der Waals surface area contributed by atoms with Crippen LogP contribution in [0.1, 0.15) is 28.2 Å². The average molecular weight is 317 g/mol. The number of benzene rings is 1. The molecule has 1 fully saturated rings. The first-order valence-corrected chi connectivity index (χ1v) is 7.73. The van der Waals surface area contributed by atoms with E-state index in [9.17, 15) is 14.3 Å². The lowest BCUT2D eigenvalue weighted by Gasteiger charge is -2.16. The van der Waals surface area contributed by atoms with E-state index in [0.717, 1.165) is 17.8 Å². The molecule has 5 nitrogen and oxygen atoms in total. The molecule has 1 aliphatic rings. The Kier molecular flexibility index (Phi) is 4.17. The molecule has 122 valence electrons. The highest BCUT2D eigenvalue weighted by atomic mass is 19.1. The van der Waals surface area contributed by atoms with Gasteiger partial charge in [0.1, 0.15) is 5.82 Å².